The molecule has 0 saturated carbocycles. The van der Waals surface area contributed by atoms with E-state index in [0.717, 1.165) is 11.3 Å². The van der Waals surface area contributed by atoms with Crippen LogP contribution in [0.15, 0.2) is 46.0 Å². The van der Waals surface area contributed by atoms with E-state index in [1.165, 1.54) is 0 Å². The molecule has 0 aliphatic carbocycles. The third-order valence-corrected chi connectivity index (χ3v) is 3.88. The van der Waals surface area contributed by atoms with Gasteiger partial charge in [-0.2, -0.15) is 0 Å². The average Bonchev–Trinajstić information content (AvgIpc) is 3.07. The molecular formula is C18H26FIN4O. The Kier molecular flexibility index (Phi) is 8.91. The van der Waals surface area contributed by atoms with Crippen molar-refractivity contribution in [2.45, 2.75) is 19.5 Å². The van der Waals surface area contributed by atoms with E-state index in [-0.39, 0.29) is 35.8 Å². The van der Waals surface area contributed by atoms with Crippen molar-refractivity contribution in [2.75, 3.05) is 27.7 Å². The molecule has 1 aromatic carbocycles. The summed E-state index contributed by atoms with van der Waals surface area (Å²) in [6.07, 6.45) is 1.67. The Morgan fingerprint density at radius 1 is 1.28 bits per heavy atom. The van der Waals surface area contributed by atoms with E-state index < -0.39 is 0 Å². The molecule has 5 nitrogen and oxygen atoms in total. The van der Waals surface area contributed by atoms with Crippen molar-refractivity contribution in [1.82, 2.24) is 15.5 Å². The predicted octanol–water partition coefficient (Wildman–Crippen LogP) is 3.31. The third-order valence-electron chi connectivity index (χ3n) is 3.88. The van der Waals surface area contributed by atoms with Crippen LogP contribution >= 0.6 is 24.0 Å². The van der Waals surface area contributed by atoms with E-state index in [9.17, 15) is 4.39 Å². The summed E-state index contributed by atoms with van der Waals surface area (Å²) < 4.78 is 19.1. The van der Waals surface area contributed by atoms with Gasteiger partial charge in [0.1, 0.15) is 11.6 Å². The lowest BCUT2D eigenvalue weighted by molar-refractivity contribution is 0.258. The van der Waals surface area contributed by atoms with Crippen LogP contribution in [-0.2, 0) is 6.54 Å². The van der Waals surface area contributed by atoms with Crippen molar-refractivity contribution in [1.29, 1.82) is 0 Å². The number of hydrogen-bond acceptors (Lipinski definition) is 3. The highest BCUT2D eigenvalue weighted by Gasteiger charge is 2.17. The molecule has 25 heavy (non-hydrogen) atoms. The number of rotatable bonds is 6. The monoisotopic (exact) mass is 460 g/mol. The zero-order valence-electron chi connectivity index (χ0n) is 15.0. The summed E-state index contributed by atoms with van der Waals surface area (Å²) in [5.74, 6) is 1.36. The molecule has 7 heteroatoms. The number of hydrogen-bond donors (Lipinski definition) is 2. The number of benzene rings is 1. The number of furan rings is 1. The highest BCUT2D eigenvalue weighted by molar-refractivity contribution is 14.0. The molecule has 1 aromatic heterocycles. The van der Waals surface area contributed by atoms with Gasteiger partial charge in [-0.3, -0.25) is 9.89 Å². The molecule has 1 atom stereocenters. The molecule has 2 aromatic rings. The van der Waals surface area contributed by atoms with Crippen LogP contribution in [-0.4, -0.2) is 38.5 Å². The maximum atomic E-state index is 13.6. The van der Waals surface area contributed by atoms with E-state index in [1.54, 1.807) is 32.4 Å². The summed E-state index contributed by atoms with van der Waals surface area (Å²) in [6, 6.07) is 9.16. The first-order valence-corrected chi connectivity index (χ1v) is 7.90. The number of nitrogens with one attached hydrogen (secondary N) is 2. The standard InChI is InChI=1S/C18H25FN4O.HI/c1-13-7-8-14(10-15(13)19)11-21-18(20-2)22-12-16(23(3)4)17-6-5-9-24-17;/h5-10,16H,11-12H2,1-4H3,(H2,20,21,22);1H. The highest BCUT2D eigenvalue weighted by atomic mass is 127. The number of aryl methyl sites for hydroxylation is 1. The number of aliphatic imine (C=N–C) groups is 1. The van der Waals surface area contributed by atoms with Gasteiger partial charge in [-0.25, -0.2) is 4.39 Å². The molecule has 0 radical (unpaired) electrons. The molecule has 0 spiro atoms. The minimum atomic E-state index is -0.192. The van der Waals surface area contributed by atoms with Crippen LogP contribution in [0.1, 0.15) is 22.9 Å². The van der Waals surface area contributed by atoms with Crippen LogP contribution in [0.2, 0.25) is 0 Å². The second-order valence-corrected chi connectivity index (χ2v) is 5.89. The van der Waals surface area contributed by atoms with Crippen LogP contribution in [0.3, 0.4) is 0 Å². The lowest BCUT2D eigenvalue weighted by atomic mass is 10.1. The highest BCUT2D eigenvalue weighted by Crippen LogP contribution is 2.17. The number of halogens is 2. The fourth-order valence-corrected chi connectivity index (χ4v) is 2.36. The van der Waals surface area contributed by atoms with Crippen molar-refractivity contribution in [3.8, 4) is 0 Å². The van der Waals surface area contributed by atoms with Gasteiger partial charge in [0.25, 0.3) is 0 Å². The maximum Gasteiger partial charge on any atom is 0.191 e. The van der Waals surface area contributed by atoms with Crippen LogP contribution in [0, 0.1) is 12.7 Å². The van der Waals surface area contributed by atoms with E-state index >= 15 is 0 Å². The Bertz CT molecular complexity index is 674. The normalized spacial score (nSPS) is 12.6. The van der Waals surface area contributed by atoms with Crippen LogP contribution in [0.4, 0.5) is 4.39 Å². The van der Waals surface area contributed by atoms with Gasteiger partial charge >= 0.3 is 0 Å². The zero-order valence-corrected chi connectivity index (χ0v) is 17.4. The molecule has 1 unspecified atom stereocenters. The molecule has 0 bridgehead atoms. The largest absolute Gasteiger partial charge is 0.468 e. The quantitative estimate of drug-likeness (QED) is 0.395. The first-order valence-electron chi connectivity index (χ1n) is 7.90. The van der Waals surface area contributed by atoms with Gasteiger partial charge in [0, 0.05) is 20.1 Å². The van der Waals surface area contributed by atoms with Crippen LogP contribution < -0.4 is 10.6 Å². The van der Waals surface area contributed by atoms with Gasteiger partial charge < -0.3 is 15.1 Å². The molecule has 0 fully saturated rings. The van der Waals surface area contributed by atoms with Crippen molar-refractivity contribution in [2.24, 2.45) is 4.99 Å². The maximum absolute atomic E-state index is 13.6. The van der Waals surface area contributed by atoms with E-state index in [4.69, 9.17) is 4.42 Å². The average molecular weight is 460 g/mol. The summed E-state index contributed by atoms with van der Waals surface area (Å²) in [5.41, 5.74) is 1.52. The van der Waals surface area contributed by atoms with Crippen molar-refractivity contribution in [3.63, 3.8) is 0 Å². The Hall–Kier alpha value is -1.61. The van der Waals surface area contributed by atoms with Gasteiger partial charge in [-0.05, 0) is 50.3 Å². The summed E-state index contributed by atoms with van der Waals surface area (Å²) in [7, 11) is 5.71. The molecule has 138 valence electrons. The topological polar surface area (TPSA) is 52.8 Å². The Morgan fingerprint density at radius 2 is 2.04 bits per heavy atom. The van der Waals surface area contributed by atoms with E-state index in [1.807, 2.05) is 32.3 Å². The Balaban J connectivity index is 0.00000312. The van der Waals surface area contributed by atoms with Gasteiger partial charge in [-0.15, -0.1) is 24.0 Å². The molecule has 2 N–H and O–H groups in total. The smallest absolute Gasteiger partial charge is 0.191 e. The van der Waals surface area contributed by atoms with Crippen LogP contribution in [0.5, 0.6) is 0 Å². The SMILES string of the molecule is CN=C(NCc1ccc(C)c(F)c1)NCC(c1ccco1)N(C)C.I. The lowest BCUT2D eigenvalue weighted by Gasteiger charge is -2.23. The van der Waals surface area contributed by atoms with Gasteiger partial charge in [-0.1, -0.05) is 12.1 Å². The van der Waals surface area contributed by atoms with E-state index in [2.05, 4.69) is 20.5 Å². The predicted molar refractivity (Wildman–Crippen MR) is 110 cm³/mol. The second-order valence-electron chi connectivity index (χ2n) is 5.89. The van der Waals surface area contributed by atoms with E-state index in [0.29, 0.717) is 24.6 Å². The Labute approximate surface area is 165 Å². The van der Waals surface area contributed by atoms with Gasteiger partial charge in [0.15, 0.2) is 5.96 Å². The molecule has 2 rings (SSSR count). The third kappa shape index (κ3) is 6.32. The molecular weight excluding hydrogens is 434 g/mol. The van der Waals surface area contributed by atoms with Crippen molar-refractivity contribution in [3.05, 3.63) is 59.3 Å². The van der Waals surface area contributed by atoms with Crippen molar-refractivity contribution < 1.29 is 8.81 Å². The molecule has 1 heterocycles. The van der Waals surface area contributed by atoms with Crippen LogP contribution in [0.25, 0.3) is 0 Å². The number of nitrogens with zero attached hydrogens (tertiary/aromatic N) is 2. The summed E-state index contributed by atoms with van der Waals surface area (Å²) in [4.78, 5) is 6.29. The Morgan fingerprint density at radius 3 is 2.60 bits per heavy atom. The number of guanidine groups is 1. The fourth-order valence-electron chi connectivity index (χ4n) is 2.36. The minimum absolute atomic E-state index is 0. The second kappa shape index (κ2) is 10.4. The molecule has 0 aliphatic heterocycles. The summed E-state index contributed by atoms with van der Waals surface area (Å²) in [5, 5.41) is 6.47. The minimum Gasteiger partial charge on any atom is -0.468 e. The lowest BCUT2D eigenvalue weighted by Crippen LogP contribution is -2.41. The molecule has 0 aliphatic rings. The van der Waals surface area contributed by atoms with Gasteiger partial charge in [0.05, 0.1) is 12.3 Å². The summed E-state index contributed by atoms with van der Waals surface area (Å²) in [6.45, 7) is 2.90. The number of likely N-dealkylation sites (N-methyl/N-ethyl adjacent to an activating group) is 1. The molecule has 0 amide bonds. The summed E-state index contributed by atoms with van der Waals surface area (Å²) >= 11 is 0. The van der Waals surface area contributed by atoms with Crippen molar-refractivity contribution >= 4 is 29.9 Å². The molecule has 0 saturated heterocycles. The van der Waals surface area contributed by atoms with Gasteiger partial charge in [0.2, 0.25) is 0 Å². The first kappa shape index (κ1) is 21.4. The fraction of sp³-hybridized carbons (Fsp3) is 0.389. The first-order chi connectivity index (χ1) is 11.5. The zero-order chi connectivity index (χ0) is 17.5.